The lowest BCUT2D eigenvalue weighted by atomic mass is 10.2. The summed E-state index contributed by atoms with van der Waals surface area (Å²) < 4.78 is 14.9. The van der Waals surface area contributed by atoms with Gasteiger partial charge in [0, 0.05) is 7.05 Å². The number of hydrogen-bond acceptors (Lipinski definition) is 2. The molecule has 68 valence electrons. The standard InChI is InChI=1S/C9H10FN3/c1-5-3-4-6(10)7-8(5)13(2)9(11)12-7/h3-4H,1-2H3,(H2,11,12). The number of rotatable bonds is 0. The van der Waals surface area contributed by atoms with Crippen molar-refractivity contribution >= 4 is 17.0 Å². The van der Waals surface area contributed by atoms with Crippen LogP contribution in [-0.4, -0.2) is 9.55 Å². The van der Waals surface area contributed by atoms with E-state index in [2.05, 4.69) is 4.98 Å². The third kappa shape index (κ3) is 0.983. The molecule has 2 aromatic rings. The Morgan fingerprint density at radius 1 is 1.46 bits per heavy atom. The summed E-state index contributed by atoms with van der Waals surface area (Å²) in [5.74, 6) is 0.0103. The zero-order chi connectivity index (χ0) is 9.59. The largest absolute Gasteiger partial charge is 0.369 e. The number of fused-ring (bicyclic) bond motifs is 1. The Hall–Kier alpha value is -1.58. The molecule has 0 amide bonds. The van der Waals surface area contributed by atoms with Gasteiger partial charge >= 0.3 is 0 Å². The van der Waals surface area contributed by atoms with Gasteiger partial charge in [-0.2, -0.15) is 0 Å². The maximum Gasteiger partial charge on any atom is 0.201 e. The van der Waals surface area contributed by atoms with Crippen molar-refractivity contribution in [1.29, 1.82) is 0 Å². The van der Waals surface area contributed by atoms with E-state index in [4.69, 9.17) is 5.73 Å². The van der Waals surface area contributed by atoms with E-state index in [1.54, 1.807) is 17.7 Å². The molecular weight excluding hydrogens is 169 g/mol. The minimum atomic E-state index is -0.326. The first-order valence-corrected chi connectivity index (χ1v) is 3.98. The van der Waals surface area contributed by atoms with Crippen LogP contribution in [0.2, 0.25) is 0 Å². The van der Waals surface area contributed by atoms with Gasteiger partial charge < -0.3 is 10.3 Å². The van der Waals surface area contributed by atoms with Gasteiger partial charge in [0.05, 0.1) is 5.52 Å². The summed E-state index contributed by atoms with van der Waals surface area (Å²) in [6.45, 7) is 1.91. The van der Waals surface area contributed by atoms with Crippen LogP contribution < -0.4 is 5.73 Å². The normalized spacial score (nSPS) is 11.0. The topological polar surface area (TPSA) is 43.8 Å². The summed E-state index contributed by atoms with van der Waals surface area (Å²) in [5.41, 5.74) is 7.66. The van der Waals surface area contributed by atoms with Gasteiger partial charge in [0.1, 0.15) is 5.52 Å². The third-order valence-electron chi connectivity index (χ3n) is 2.21. The summed E-state index contributed by atoms with van der Waals surface area (Å²) in [6.07, 6.45) is 0. The van der Waals surface area contributed by atoms with Gasteiger partial charge in [-0.1, -0.05) is 6.07 Å². The first kappa shape index (κ1) is 8.04. The highest BCUT2D eigenvalue weighted by molar-refractivity contribution is 5.82. The van der Waals surface area contributed by atoms with Gasteiger partial charge in [-0.15, -0.1) is 0 Å². The van der Waals surface area contributed by atoms with Gasteiger partial charge in [-0.05, 0) is 18.6 Å². The number of aromatic nitrogens is 2. The number of nitrogen functional groups attached to an aromatic ring is 1. The fourth-order valence-electron chi connectivity index (χ4n) is 1.49. The molecule has 0 bridgehead atoms. The van der Waals surface area contributed by atoms with Crippen molar-refractivity contribution in [2.45, 2.75) is 6.92 Å². The fourth-order valence-corrected chi connectivity index (χ4v) is 1.49. The zero-order valence-corrected chi connectivity index (χ0v) is 7.50. The Bertz CT molecular complexity index is 473. The van der Waals surface area contributed by atoms with E-state index in [9.17, 15) is 4.39 Å². The first-order chi connectivity index (χ1) is 6.11. The van der Waals surface area contributed by atoms with Crippen LogP contribution in [-0.2, 0) is 7.05 Å². The molecule has 0 unspecified atom stereocenters. The molecular formula is C9H10FN3. The molecule has 0 saturated heterocycles. The number of nitrogens with zero attached hydrogens (tertiary/aromatic N) is 2. The molecule has 0 aliphatic rings. The number of halogens is 1. The Morgan fingerprint density at radius 2 is 2.15 bits per heavy atom. The number of nitrogens with two attached hydrogens (primary N) is 1. The van der Waals surface area contributed by atoms with Crippen LogP contribution in [0, 0.1) is 12.7 Å². The molecule has 0 saturated carbocycles. The van der Waals surface area contributed by atoms with Crippen LogP contribution in [0.4, 0.5) is 10.3 Å². The summed E-state index contributed by atoms with van der Waals surface area (Å²) in [7, 11) is 1.77. The van der Waals surface area contributed by atoms with Crippen molar-refractivity contribution in [3.63, 3.8) is 0 Å². The van der Waals surface area contributed by atoms with Gasteiger partial charge in [-0.25, -0.2) is 9.37 Å². The van der Waals surface area contributed by atoms with E-state index in [1.807, 2.05) is 6.92 Å². The highest BCUT2D eigenvalue weighted by Crippen LogP contribution is 2.22. The maximum absolute atomic E-state index is 13.2. The first-order valence-electron chi connectivity index (χ1n) is 3.98. The summed E-state index contributed by atoms with van der Waals surface area (Å²) in [6, 6.07) is 3.13. The van der Waals surface area contributed by atoms with E-state index >= 15 is 0 Å². The molecule has 0 aliphatic heterocycles. The Kier molecular flexibility index (Phi) is 1.52. The fraction of sp³-hybridized carbons (Fsp3) is 0.222. The second kappa shape index (κ2) is 2.45. The Labute approximate surface area is 75.0 Å². The van der Waals surface area contributed by atoms with E-state index in [0.29, 0.717) is 11.5 Å². The van der Waals surface area contributed by atoms with Crippen molar-refractivity contribution in [2.75, 3.05) is 5.73 Å². The predicted molar refractivity (Wildman–Crippen MR) is 49.8 cm³/mol. The van der Waals surface area contributed by atoms with Gasteiger partial charge in [-0.3, -0.25) is 0 Å². The van der Waals surface area contributed by atoms with Crippen molar-refractivity contribution in [3.8, 4) is 0 Å². The Balaban J connectivity index is 3.00. The lowest BCUT2D eigenvalue weighted by Crippen LogP contribution is -1.96. The van der Waals surface area contributed by atoms with Crippen LogP contribution in [0.15, 0.2) is 12.1 Å². The molecule has 1 aromatic carbocycles. The molecule has 0 aliphatic carbocycles. The second-order valence-electron chi connectivity index (χ2n) is 3.09. The van der Waals surface area contributed by atoms with Gasteiger partial charge in [0.25, 0.3) is 0 Å². The average molecular weight is 179 g/mol. The van der Waals surface area contributed by atoms with E-state index in [0.717, 1.165) is 11.1 Å². The van der Waals surface area contributed by atoms with Crippen molar-refractivity contribution in [2.24, 2.45) is 7.05 Å². The molecule has 13 heavy (non-hydrogen) atoms. The van der Waals surface area contributed by atoms with Crippen LogP contribution in [0.25, 0.3) is 11.0 Å². The van der Waals surface area contributed by atoms with E-state index in [-0.39, 0.29) is 5.82 Å². The number of hydrogen-bond donors (Lipinski definition) is 1. The molecule has 3 nitrogen and oxygen atoms in total. The van der Waals surface area contributed by atoms with Gasteiger partial charge in [0.2, 0.25) is 5.95 Å². The minimum Gasteiger partial charge on any atom is -0.369 e. The molecule has 0 radical (unpaired) electrons. The molecule has 2 N–H and O–H groups in total. The SMILES string of the molecule is Cc1ccc(F)c2nc(N)n(C)c12. The van der Waals surface area contributed by atoms with Crippen LogP contribution in [0.5, 0.6) is 0 Å². The molecule has 2 rings (SSSR count). The smallest absolute Gasteiger partial charge is 0.201 e. The highest BCUT2D eigenvalue weighted by atomic mass is 19.1. The molecule has 1 heterocycles. The third-order valence-corrected chi connectivity index (χ3v) is 2.21. The minimum absolute atomic E-state index is 0.326. The number of benzene rings is 1. The van der Waals surface area contributed by atoms with Crippen molar-refractivity contribution in [1.82, 2.24) is 9.55 Å². The number of aryl methyl sites for hydroxylation is 2. The highest BCUT2D eigenvalue weighted by Gasteiger charge is 2.10. The lowest BCUT2D eigenvalue weighted by Gasteiger charge is -1.99. The van der Waals surface area contributed by atoms with Gasteiger partial charge in [0.15, 0.2) is 5.82 Å². The van der Waals surface area contributed by atoms with Crippen molar-refractivity contribution in [3.05, 3.63) is 23.5 Å². The molecule has 0 fully saturated rings. The van der Waals surface area contributed by atoms with Crippen molar-refractivity contribution < 1.29 is 4.39 Å². The average Bonchev–Trinajstić information content (AvgIpc) is 2.38. The maximum atomic E-state index is 13.2. The summed E-state index contributed by atoms with van der Waals surface area (Å²) >= 11 is 0. The molecule has 0 atom stereocenters. The van der Waals surface area contributed by atoms with Crippen LogP contribution in [0.1, 0.15) is 5.56 Å². The molecule has 0 spiro atoms. The summed E-state index contributed by atoms with van der Waals surface area (Å²) in [4.78, 5) is 3.94. The Morgan fingerprint density at radius 3 is 2.77 bits per heavy atom. The summed E-state index contributed by atoms with van der Waals surface area (Å²) in [5, 5.41) is 0. The van der Waals surface area contributed by atoms with Crippen LogP contribution >= 0.6 is 0 Å². The zero-order valence-electron chi connectivity index (χ0n) is 7.50. The lowest BCUT2D eigenvalue weighted by molar-refractivity contribution is 0.637. The molecule has 4 heteroatoms. The second-order valence-corrected chi connectivity index (χ2v) is 3.09. The predicted octanol–water partition coefficient (Wildman–Crippen LogP) is 1.60. The van der Waals surface area contributed by atoms with E-state index in [1.165, 1.54) is 6.07 Å². The molecule has 1 aromatic heterocycles. The quantitative estimate of drug-likeness (QED) is 0.667. The monoisotopic (exact) mass is 179 g/mol. The van der Waals surface area contributed by atoms with E-state index < -0.39 is 0 Å². The van der Waals surface area contributed by atoms with Crippen LogP contribution in [0.3, 0.4) is 0 Å². The number of imidazole rings is 1. The number of anilines is 1.